The number of rotatable bonds is 3. The Hall–Kier alpha value is -1.67. The molecule has 0 aromatic carbocycles. The van der Waals surface area contributed by atoms with Gasteiger partial charge in [0, 0.05) is 5.92 Å². The van der Waals surface area contributed by atoms with E-state index in [0.717, 1.165) is 0 Å². The lowest BCUT2D eigenvalue weighted by atomic mass is 9.80. The predicted molar refractivity (Wildman–Crippen MR) is 57.5 cm³/mol. The predicted octanol–water partition coefficient (Wildman–Crippen LogP) is 1.18. The number of hydrogen-bond donors (Lipinski definition) is 2. The number of nitrogens with one attached hydrogen (secondary N) is 2. The second-order valence-corrected chi connectivity index (χ2v) is 4.65. The molecule has 2 rings (SSSR count). The SMILES string of the molecule is O=C(NCc1nn[nH]n1)C1CCCC(C(F)(F)F)C1. The summed E-state index contributed by atoms with van der Waals surface area (Å²) in [4.78, 5) is 11.8. The van der Waals surface area contributed by atoms with Crippen LogP contribution in [-0.4, -0.2) is 32.7 Å². The molecule has 1 aromatic rings. The zero-order valence-electron chi connectivity index (χ0n) is 10.1. The summed E-state index contributed by atoms with van der Waals surface area (Å²) < 4.78 is 37.9. The van der Waals surface area contributed by atoms with E-state index >= 15 is 0 Å². The zero-order valence-corrected chi connectivity index (χ0v) is 10.1. The van der Waals surface area contributed by atoms with Gasteiger partial charge in [-0.1, -0.05) is 11.6 Å². The number of halogens is 3. The number of aromatic nitrogens is 4. The van der Waals surface area contributed by atoms with Gasteiger partial charge in [-0.15, -0.1) is 10.2 Å². The van der Waals surface area contributed by atoms with Crippen molar-refractivity contribution in [2.45, 2.75) is 38.4 Å². The highest BCUT2D eigenvalue weighted by Crippen LogP contribution is 2.39. The molecule has 0 radical (unpaired) electrons. The fourth-order valence-electron chi connectivity index (χ4n) is 2.29. The fourth-order valence-corrected chi connectivity index (χ4v) is 2.29. The van der Waals surface area contributed by atoms with E-state index in [1.54, 1.807) is 0 Å². The van der Waals surface area contributed by atoms with Gasteiger partial charge in [0.1, 0.15) is 0 Å². The molecule has 1 saturated carbocycles. The Labute approximate surface area is 107 Å². The maximum Gasteiger partial charge on any atom is 0.391 e. The summed E-state index contributed by atoms with van der Waals surface area (Å²) >= 11 is 0. The van der Waals surface area contributed by atoms with Gasteiger partial charge in [-0.2, -0.15) is 18.4 Å². The van der Waals surface area contributed by atoms with Gasteiger partial charge in [-0.05, 0) is 19.3 Å². The highest BCUT2D eigenvalue weighted by molar-refractivity contribution is 5.78. The molecule has 0 spiro atoms. The maximum atomic E-state index is 12.6. The van der Waals surface area contributed by atoms with Crippen LogP contribution in [0.1, 0.15) is 31.5 Å². The van der Waals surface area contributed by atoms with Crippen molar-refractivity contribution in [1.82, 2.24) is 25.9 Å². The molecule has 0 aliphatic heterocycles. The van der Waals surface area contributed by atoms with Gasteiger partial charge in [0.2, 0.25) is 5.91 Å². The number of alkyl halides is 3. The van der Waals surface area contributed by atoms with Crippen LogP contribution in [0.5, 0.6) is 0 Å². The minimum absolute atomic E-state index is 0.0719. The Balaban J connectivity index is 1.85. The standard InChI is InChI=1S/C10H14F3N5O/c11-10(12,13)7-3-1-2-6(4-7)9(19)14-5-8-15-17-18-16-8/h6-7H,1-5H2,(H,14,19)(H,15,16,17,18). The summed E-state index contributed by atoms with van der Waals surface area (Å²) in [5.41, 5.74) is 0. The Kier molecular flexibility index (Phi) is 4.01. The summed E-state index contributed by atoms with van der Waals surface area (Å²) in [7, 11) is 0. The third-order valence-corrected chi connectivity index (χ3v) is 3.32. The number of hydrogen-bond acceptors (Lipinski definition) is 4. The Morgan fingerprint density at radius 1 is 1.42 bits per heavy atom. The smallest absolute Gasteiger partial charge is 0.348 e. The molecule has 1 aliphatic rings. The van der Waals surface area contributed by atoms with Crippen LogP contribution >= 0.6 is 0 Å². The highest BCUT2D eigenvalue weighted by atomic mass is 19.4. The van der Waals surface area contributed by atoms with Gasteiger partial charge < -0.3 is 5.32 Å². The van der Waals surface area contributed by atoms with E-state index in [-0.39, 0.29) is 25.3 Å². The first-order chi connectivity index (χ1) is 8.97. The number of aromatic amines is 1. The second kappa shape index (κ2) is 5.54. The Morgan fingerprint density at radius 2 is 2.21 bits per heavy atom. The van der Waals surface area contributed by atoms with Crippen LogP contribution in [0.3, 0.4) is 0 Å². The maximum absolute atomic E-state index is 12.6. The van der Waals surface area contributed by atoms with Crippen molar-refractivity contribution in [2.24, 2.45) is 11.8 Å². The van der Waals surface area contributed by atoms with Crippen LogP contribution < -0.4 is 5.32 Å². The third kappa shape index (κ3) is 3.65. The van der Waals surface area contributed by atoms with E-state index in [9.17, 15) is 18.0 Å². The monoisotopic (exact) mass is 277 g/mol. The average Bonchev–Trinajstić information content (AvgIpc) is 2.88. The topological polar surface area (TPSA) is 83.6 Å². The number of H-pyrrole nitrogens is 1. The molecule has 2 atom stereocenters. The molecule has 2 N–H and O–H groups in total. The molecular formula is C10H14F3N5O. The normalized spacial score (nSPS) is 24.2. The second-order valence-electron chi connectivity index (χ2n) is 4.65. The average molecular weight is 277 g/mol. The molecule has 0 bridgehead atoms. The van der Waals surface area contributed by atoms with Gasteiger partial charge in [0.15, 0.2) is 5.82 Å². The first-order valence-corrected chi connectivity index (χ1v) is 6.03. The van der Waals surface area contributed by atoms with Crippen LogP contribution in [-0.2, 0) is 11.3 Å². The van der Waals surface area contributed by atoms with Crippen LogP contribution in [0.4, 0.5) is 13.2 Å². The van der Waals surface area contributed by atoms with Gasteiger partial charge in [-0.3, -0.25) is 4.79 Å². The molecule has 1 heterocycles. The quantitative estimate of drug-likeness (QED) is 0.869. The number of amides is 1. The molecule has 0 saturated heterocycles. The molecule has 2 unspecified atom stereocenters. The molecule has 106 valence electrons. The first kappa shape index (κ1) is 13.8. The van der Waals surface area contributed by atoms with E-state index in [4.69, 9.17) is 0 Å². The number of carbonyl (C=O) groups is 1. The largest absolute Gasteiger partial charge is 0.391 e. The summed E-state index contributed by atoms with van der Waals surface area (Å²) in [5, 5.41) is 15.4. The molecule has 6 nitrogen and oxygen atoms in total. The van der Waals surface area contributed by atoms with Gasteiger partial charge in [0.05, 0.1) is 12.5 Å². The fraction of sp³-hybridized carbons (Fsp3) is 0.800. The van der Waals surface area contributed by atoms with Crippen LogP contribution in [0.15, 0.2) is 0 Å². The van der Waals surface area contributed by atoms with Crippen molar-refractivity contribution in [1.29, 1.82) is 0 Å². The van der Waals surface area contributed by atoms with Crippen molar-refractivity contribution in [3.63, 3.8) is 0 Å². The highest BCUT2D eigenvalue weighted by Gasteiger charge is 2.43. The van der Waals surface area contributed by atoms with E-state index in [1.165, 1.54) is 0 Å². The van der Waals surface area contributed by atoms with Crippen LogP contribution in [0.2, 0.25) is 0 Å². The first-order valence-electron chi connectivity index (χ1n) is 6.03. The van der Waals surface area contributed by atoms with E-state index in [2.05, 4.69) is 25.9 Å². The molecular weight excluding hydrogens is 263 g/mol. The lowest BCUT2D eigenvalue weighted by molar-refractivity contribution is -0.186. The number of carbonyl (C=O) groups excluding carboxylic acids is 1. The molecule has 1 fully saturated rings. The lowest BCUT2D eigenvalue weighted by Crippen LogP contribution is -2.37. The summed E-state index contributed by atoms with van der Waals surface area (Å²) in [5.74, 6) is -2.04. The van der Waals surface area contributed by atoms with Gasteiger partial charge >= 0.3 is 6.18 Å². The van der Waals surface area contributed by atoms with Crippen molar-refractivity contribution < 1.29 is 18.0 Å². The van der Waals surface area contributed by atoms with Crippen LogP contribution in [0.25, 0.3) is 0 Å². The molecule has 1 aromatic heterocycles. The third-order valence-electron chi connectivity index (χ3n) is 3.32. The van der Waals surface area contributed by atoms with Gasteiger partial charge in [0.25, 0.3) is 0 Å². The Morgan fingerprint density at radius 3 is 2.84 bits per heavy atom. The summed E-state index contributed by atoms with van der Waals surface area (Å²) in [6, 6.07) is 0. The number of tetrazole rings is 1. The van der Waals surface area contributed by atoms with Crippen LogP contribution in [0, 0.1) is 11.8 Å². The minimum atomic E-state index is -4.22. The van der Waals surface area contributed by atoms with Gasteiger partial charge in [-0.25, -0.2) is 0 Å². The van der Waals surface area contributed by atoms with E-state index in [0.29, 0.717) is 18.7 Å². The molecule has 1 aliphatic carbocycles. The van der Waals surface area contributed by atoms with E-state index in [1.807, 2.05) is 0 Å². The Bertz CT molecular complexity index is 419. The molecule has 9 heteroatoms. The zero-order chi connectivity index (χ0) is 13.9. The lowest BCUT2D eigenvalue weighted by Gasteiger charge is -2.29. The van der Waals surface area contributed by atoms with Crippen molar-refractivity contribution in [3.05, 3.63) is 5.82 Å². The van der Waals surface area contributed by atoms with Crippen molar-refractivity contribution >= 4 is 5.91 Å². The van der Waals surface area contributed by atoms with E-state index < -0.39 is 18.0 Å². The number of nitrogens with zero attached hydrogens (tertiary/aromatic N) is 3. The molecule has 1 amide bonds. The van der Waals surface area contributed by atoms with Crippen molar-refractivity contribution in [2.75, 3.05) is 0 Å². The molecule has 19 heavy (non-hydrogen) atoms. The van der Waals surface area contributed by atoms with Crippen molar-refractivity contribution in [3.8, 4) is 0 Å². The summed E-state index contributed by atoms with van der Waals surface area (Å²) in [6.07, 6.45) is -3.33. The minimum Gasteiger partial charge on any atom is -0.348 e. The summed E-state index contributed by atoms with van der Waals surface area (Å²) in [6.45, 7) is 0.0719.